The zero-order chi connectivity index (χ0) is 19.0. The van der Waals surface area contributed by atoms with Crippen LogP contribution in [0.25, 0.3) is 11.3 Å². The van der Waals surface area contributed by atoms with Crippen molar-refractivity contribution in [1.82, 2.24) is 4.98 Å². The number of nitrogens with zero attached hydrogens (tertiary/aromatic N) is 1. The molecule has 134 valence electrons. The van der Waals surface area contributed by atoms with Gasteiger partial charge in [-0.15, -0.1) is 11.3 Å². The van der Waals surface area contributed by atoms with Gasteiger partial charge in [0, 0.05) is 10.4 Å². The van der Waals surface area contributed by atoms with Crippen molar-refractivity contribution >= 4 is 22.4 Å². The first kappa shape index (κ1) is 18.1. The topological polar surface area (TPSA) is 42.0 Å². The van der Waals surface area contributed by atoms with Crippen LogP contribution in [0.15, 0.2) is 30.3 Å². The summed E-state index contributed by atoms with van der Waals surface area (Å²) in [5.74, 6) is -5.43. The number of benzene rings is 2. The Morgan fingerprint density at radius 2 is 1.73 bits per heavy atom. The molecule has 2 aromatic carbocycles. The molecule has 0 radical (unpaired) electrons. The second kappa shape index (κ2) is 6.92. The summed E-state index contributed by atoms with van der Waals surface area (Å²) < 4.78 is 40.1. The third-order valence-corrected chi connectivity index (χ3v) is 4.96. The summed E-state index contributed by atoms with van der Waals surface area (Å²) in [6.45, 7) is 5.86. The third kappa shape index (κ3) is 3.35. The molecule has 0 saturated carbocycles. The van der Waals surface area contributed by atoms with Gasteiger partial charge in [0.05, 0.1) is 11.3 Å². The maximum Gasteiger partial charge on any atom is 0.260 e. The van der Waals surface area contributed by atoms with Crippen molar-refractivity contribution in [2.24, 2.45) is 0 Å². The first-order valence-electron chi connectivity index (χ1n) is 7.78. The van der Waals surface area contributed by atoms with E-state index in [-0.39, 0.29) is 5.13 Å². The lowest BCUT2D eigenvalue weighted by molar-refractivity contribution is 0.102. The normalized spacial score (nSPS) is 10.8. The number of nitrogens with one attached hydrogen (secondary N) is 1. The summed E-state index contributed by atoms with van der Waals surface area (Å²) in [4.78, 5) is 17.4. The van der Waals surface area contributed by atoms with Gasteiger partial charge in [-0.05, 0) is 50.1 Å². The average molecular weight is 376 g/mol. The molecule has 0 fully saturated rings. The Kier molecular flexibility index (Phi) is 4.82. The fraction of sp³-hybridized carbons (Fsp3) is 0.158. The Morgan fingerprint density at radius 3 is 2.42 bits per heavy atom. The highest BCUT2D eigenvalue weighted by Gasteiger charge is 2.20. The molecule has 0 spiro atoms. The van der Waals surface area contributed by atoms with Crippen molar-refractivity contribution in [3.63, 3.8) is 0 Å². The van der Waals surface area contributed by atoms with Crippen LogP contribution < -0.4 is 5.32 Å². The third-order valence-electron chi connectivity index (χ3n) is 4.08. The number of thiazole rings is 1. The number of aromatic nitrogens is 1. The van der Waals surface area contributed by atoms with E-state index in [1.807, 2.05) is 39.0 Å². The highest BCUT2D eigenvalue weighted by atomic mass is 32.1. The van der Waals surface area contributed by atoms with Crippen LogP contribution in [-0.2, 0) is 0 Å². The fourth-order valence-electron chi connectivity index (χ4n) is 2.47. The Balaban J connectivity index is 1.89. The van der Waals surface area contributed by atoms with E-state index in [1.165, 1.54) is 11.3 Å². The number of amides is 1. The minimum Gasteiger partial charge on any atom is -0.298 e. The van der Waals surface area contributed by atoms with Gasteiger partial charge in [0.15, 0.2) is 22.6 Å². The molecular weight excluding hydrogens is 361 g/mol. The molecule has 1 N–H and O–H groups in total. The van der Waals surface area contributed by atoms with Gasteiger partial charge in [-0.1, -0.05) is 12.1 Å². The van der Waals surface area contributed by atoms with E-state index in [0.717, 1.165) is 27.6 Å². The second-order valence-electron chi connectivity index (χ2n) is 5.90. The zero-order valence-corrected chi connectivity index (χ0v) is 15.1. The number of carbonyl (C=O) groups excluding carboxylic acids is 1. The minimum atomic E-state index is -1.68. The fourth-order valence-corrected chi connectivity index (χ4v) is 3.30. The molecule has 1 amide bonds. The lowest BCUT2D eigenvalue weighted by Crippen LogP contribution is -2.15. The molecule has 3 nitrogen and oxygen atoms in total. The summed E-state index contributed by atoms with van der Waals surface area (Å²) in [7, 11) is 0. The summed E-state index contributed by atoms with van der Waals surface area (Å²) in [5.41, 5.74) is 3.30. The number of hydrogen-bond donors (Lipinski definition) is 1. The van der Waals surface area contributed by atoms with Crippen LogP contribution in [0.3, 0.4) is 0 Å². The van der Waals surface area contributed by atoms with Gasteiger partial charge in [-0.2, -0.15) is 0 Å². The number of aryl methyl sites for hydroxylation is 3. The van der Waals surface area contributed by atoms with Crippen LogP contribution in [0.5, 0.6) is 0 Å². The first-order chi connectivity index (χ1) is 12.3. The van der Waals surface area contributed by atoms with Gasteiger partial charge in [0.2, 0.25) is 0 Å². The molecule has 0 aliphatic carbocycles. The monoisotopic (exact) mass is 376 g/mol. The SMILES string of the molecule is Cc1ccc(-c2nc(NC(=O)c3ccc(F)c(F)c3F)sc2C)cc1C. The van der Waals surface area contributed by atoms with Crippen LogP contribution in [0.4, 0.5) is 18.3 Å². The Morgan fingerprint density at radius 1 is 1.00 bits per heavy atom. The van der Waals surface area contributed by atoms with Gasteiger partial charge in [0.1, 0.15) is 0 Å². The molecule has 26 heavy (non-hydrogen) atoms. The summed E-state index contributed by atoms with van der Waals surface area (Å²) in [6.07, 6.45) is 0. The van der Waals surface area contributed by atoms with E-state index < -0.39 is 28.9 Å². The van der Waals surface area contributed by atoms with E-state index in [0.29, 0.717) is 11.8 Å². The number of rotatable bonds is 3. The average Bonchev–Trinajstić information content (AvgIpc) is 2.95. The van der Waals surface area contributed by atoms with Crippen LogP contribution in [0, 0.1) is 38.2 Å². The predicted octanol–water partition coefficient (Wildman–Crippen LogP) is 5.40. The predicted molar refractivity (Wildman–Crippen MR) is 96.0 cm³/mol. The van der Waals surface area contributed by atoms with Crippen LogP contribution in [-0.4, -0.2) is 10.9 Å². The molecule has 3 aromatic rings. The Hall–Kier alpha value is -2.67. The van der Waals surface area contributed by atoms with E-state index in [4.69, 9.17) is 0 Å². The quantitative estimate of drug-likeness (QED) is 0.622. The highest BCUT2D eigenvalue weighted by Crippen LogP contribution is 2.31. The van der Waals surface area contributed by atoms with Gasteiger partial charge < -0.3 is 0 Å². The lowest BCUT2D eigenvalue weighted by Gasteiger charge is -2.05. The molecule has 3 rings (SSSR count). The molecule has 0 aliphatic heterocycles. The van der Waals surface area contributed by atoms with E-state index in [2.05, 4.69) is 10.3 Å². The molecule has 0 bridgehead atoms. The summed E-state index contributed by atoms with van der Waals surface area (Å²) >= 11 is 1.22. The largest absolute Gasteiger partial charge is 0.298 e. The molecule has 0 saturated heterocycles. The molecule has 0 aliphatic rings. The molecule has 0 unspecified atom stereocenters. The number of hydrogen-bond acceptors (Lipinski definition) is 3. The van der Waals surface area contributed by atoms with Crippen molar-refractivity contribution in [2.45, 2.75) is 20.8 Å². The molecule has 7 heteroatoms. The van der Waals surface area contributed by atoms with Crippen LogP contribution in [0.1, 0.15) is 26.4 Å². The molecular formula is C19H15F3N2OS. The van der Waals surface area contributed by atoms with Crippen molar-refractivity contribution in [3.05, 3.63) is 69.4 Å². The van der Waals surface area contributed by atoms with Crippen LogP contribution >= 0.6 is 11.3 Å². The van der Waals surface area contributed by atoms with Crippen LogP contribution in [0.2, 0.25) is 0 Å². The van der Waals surface area contributed by atoms with Crippen molar-refractivity contribution in [1.29, 1.82) is 0 Å². The Labute approximate surface area is 152 Å². The number of halogens is 3. The van der Waals surface area contributed by atoms with Crippen molar-refractivity contribution < 1.29 is 18.0 Å². The number of anilines is 1. The summed E-state index contributed by atoms with van der Waals surface area (Å²) in [6, 6.07) is 7.52. The maximum absolute atomic E-state index is 13.8. The molecule has 1 aromatic heterocycles. The highest BCUT2D eigenvalue weighted by molar-refractivity contribution is 7.16. The van der Waals surface area contributed by atoms with Gasteiger partial charge in [0.25, 0.3) is 5.91 Å². The van der Waals surface area contributed by atoms with Gasteiger partial charge in [-0.25, -0.2) is 18.2 Å². The van der Waals surface area contributed by atoms with Crippen molar-refractivity contribution in [2.75, 3.05) is 5.32 Å². The second-order valence-corrected chi connectivity index (χ2v) is 7.10. The van der Waals surface area contributed by atoms with Gasteiger partial charge >= 0.3 is 0 Å². The van der Waals surface area contributed by atoms with E-state index >= 15 is 0 Å². The van der Waals surface area contributed by atoms with Gasteiger partial charge in [-0.3, -0.25) is 10.1 Å². The lowest BCUT2D eigenvalue weighted by atomic mass is 10.0. The maximum atomic E-state index is 13.8. The van der Waals surface area contributed by atoms with E-state index in [1.54, 1.807) is 0 Å². The van der Waals surface area contributed by atoms with Crippen molar-refractivity contribution in [3.8, 4) is 11.3 Å². The molecule has 0 atom stereocenters. The standard InChI is InChI=1S/C19H15F3N2OS/c1-9-4-5-12(8-10(9)2)17-11(3)26-19(23-17)24-18(25)13-6-7-14(20)16(22)15(13)21/h4-8H,1-3H3,(H,23,24,25). The summed E-state index contributed by atoms with van der Waals surface area (Å²) in [5, 5.41) is 2.70. The van der Waals surface area contributed by atoms with E-state index in [9.17, 15) is 18.0 Å². The number of carbonyl (C=O) groups is 1. The zero-order valence-electron chi connectivity index (χ0n) is 14.3. The minimum absolute atomic E-state index is 0.255. The first-order valence-corrected chi connectivity index (χ1v) is 8.59. The Bertz CT molecular complexity index is 1010. The smallest absolute Gasteiger partial charge is 0.260 e. The molecule has 1 heterocycles.